The van der Waals surface area contributed by atoms with E-state index in [0.29, 0.717) is 11.7 Å². The van der Waals surface area contributed by atoms with Crippen LogP contribution in [0, 0.1) is 0 Å². The number of carbonyl (C=O) groups is 1. The van der Waals surface area contributed by atoms with Crippen LogP contribution < -0.4 is 5.56 Å². The Morgan fingerprint density at radius 1 is 1.23 bits per heavy atom. The summed E-state index contributed by atoms with van der Waals surface area (Å²) >= 11 is 0. The highest BCUT2D eigenvalue weighted by Crippen LogP contribution is 2.30. The number of aromatic nitrogens is 2. The van der Waals surface area contributed by atoms with Crippen molar-refractivity contribution < 1.29 is 4.79 Å². The molecule has 0 radical (unpaired) electrons. The van der Waals surface area contributed by atoms with Crippen molar-refractivity contribution >= 4 is 5.91 Å². The van der Waals surface area contributed by atoms with E-state index in [1.54, 1.807) is 13.1 Å². The fourth-order valence-electron chi connectivity index (χ4n) is 3.89. The third kappa shape index (κ3) is 2.67. The van der Waals surface area contributed by atoms with Gasteiger partial charge >= 0.3 is 0 Å². The molecule has 22 heavy (non-hydrogen) atoms. The molecule has 0 saturated carbocycles. The van der Waals surface area contributed by atoms with E-state index in [9.17, 15) is 9.59 Å². The van der Waals surface area contributed by atoms with Crippen LogP contribution in [0.3, 0.4) is 0 Å². The van der Waals surface area contributed by atoms with Crippen molar-refractivity contribution in [3.63, 3.8) is 0 Å². The van der Waals surface area contributed by atoms with Gasteiger partial charge in [-0.15, -0.1) is 0 Å². The largest absolute Gasteiger partial charge is 0.333 e. The van der Waals surface area contributed by atoms with E-state index in [1.165, 1.54) is 23.6 Å². The molecule has 0 N–H and O–H groups in total. The molecule has 2 atom stereocenters. The van der Waals surface area contributed by atoms with Crippen molar-refractivity contribution in [1.82, 2.24) is 19.6 Å². The zero-order valence-corrected chi connectivity index (χ0v) is 13.4. The lowest BCUT2D eigenvalue weighted by molar-refractivity contribution is 0.0641. The molecule has 0 spiro atoms. The average molecular weight is 304 g/mol. The molecule has 1 amide bonds. The lowest BCUT2D eigenvalue weighted by Gasteiger charge is -2.34. The highest BCUT2D eigenvalue weighted by atomic mass is 16.2. The van der Waals surface area contributed by atoms with Crippen molar-refractivity contribution in [2.45, 2.75) is 44.7 Å². The molecule has 2 saturated heterocycles. The second kappa shape index (κ2) is 6.20. The Morgan fingerprint density at radius 2 is 1.95 bits per heavy atom. The van der Waals surface area contributed by atoms with Crippen LogP contribution in [-0.2, 0) is 7.05 Å². The monoisotopic (exact) mass is 304 g/mol. The van der Waals surface area contributed by atoms with E-state index < -0.39 is 0 Å². The molecule has 3 rings (SSSR count). The van der Waals surface area contributed by atoms with Gasteiger partial charge in [0, 0.05) is 31.7 Å². The van der Waals surface area contributed by atoms with E-state index in [-0.39, 0.29) is 17.5 Å². The standard InChI is InChI=1S/C16H24N4O2/c1-3-19-10-4-6-13(19)14-7-5-11-20(14)16(22)12-8-9-15(21)18(2)17-12/h8-9,13-14H,3-7,10-11H2,1-2H3. The minimum Gasteiger partial charge on any atom is -0.333 e. The van der Waals surface area contributed by atoms with Crippen LogP contribution in [0.5, 0.6) is 0 Å². The van der Waals surface area contributed by atoms with Crippen LogP contribution in [0.25, 0.3) is 0 Å². The lowest BCUT2D eigenvalue weighted by atomic mass is 10.0. The Hall–Kier alpha value is -1.69. The molecule has 3 heterocycles. The topological polar surface area (TPSA) is 58.4 Å². The van der Waals surface area contributed by atoms with E-state index >= 15 is 0 Å². The fraction of sp³-hybridized carbons (Fsp3) is 0.688. The lowest BCUT2D eigenvalue weighted by Crippen LogP contribution is -2.48. The number of likely N-dealkylation sites (N-methyl/N-ethyl adjacent to an activating group) is 1. The summed E-state index contributed by atoms with van der Waals surface area (Å²) in [5.74, 6) is -0.0407. The molecule has 0 aromatic carbocycles. The number of aryl methyl sites for hydroxylation is 1. The maximum Gasteiger partial charge on any atom is 0.274 e. The number of nitrogens with zero attached hydrogens (tertiary/aromatic N) is 4. The summed E-state index contributed by atoms with van der Waals surface area (Å²) < 4.78 is 1.23. The number of hydrogen-bond acceptors (Lipinski definition) is 4. The number of likely N-dealkylation sites (tertiary alicyclic amines) is 2. The molecule has 120 valence electrons. The van der Waals surface area contributed by atoms with Crippen molar-refractivity contribution in [3.8, 4) is 0 Å². The highest BCUT2D eigenvalue weighted by molar-refractivity contribution is 5.92. The summed E-state index contributed by atoms with van der Waals surface area (Å²) in [5, 5.41) is 4.12. The van der Waals surface area contributed by atoms with E-state index in [2.05, 4.69) is 16.9 Å². The second-order valence-electron chi connectivity index (χ2n) is 6.23. The van der Waals surface area contributed by atoms with Crippen LogP contribution in [-0.4, -0.2) is 57.2 Å². The summed E-state index contributed by atoms with van der Waals surface area (Å²) in [6.07, 6.45) is 4.51. The maximum absolute atomic E-state index is 12.8. The van der Waals surface area contributed by atoms with Gasteiger partial charge in [0.05, 0.1) is 0 Å². The van der Waals surface area contributed by atoms with Gasteiger partial charge in [-0.25, -0.2) is 4.68 Å². The van der Waals surface area contributed by atoms with Gasteiger partial charge in [0.2, 0.25) is 0 Å². The van der Waals surface area contributed by atoms with Gasteiger partial charge in [-0.1, -0.05) is 6.92 Å². The van der Waals surface area contributed by atoms with Crippen molar-refractivity contribution in [2.75, 3.05) is 19.6 Å². The molecule has 0 aliphatic carbocycles. The van der Waals surface area contributed by atoms with Crippen molar-refractivity contribution in [2.24, 2.45) is 7.05 Å². The zero-order chi connectivity index (χ0) is 15.7. The minimum absolute atomic E-state index is 0.0407. The normalized spacial score (nSPS) is 25.8. The van der Waals surface area contributed by atoms with Gasteiger partial charge in [0.1, 0.15) is 5.69 Å². The first-order chi connectivity index (χ1) is 10.6. The number of amides is 1. The molecule has 6 heteroatoms. The highest BCUT2D eigenvalue weighted by Gasteiger charge is 2.39. The fourth-order valence-corrected chi connectivity index (χ4v) is 3.89. The van der Waals surface area contributed by atoms with Gasteiger partial charge < -0.3 is 4.90 Å². The molecule has 2 aliphatic rings. The van der Waals surface area contributed by atoms with Crippen LogP contribution in [0.1, 0.15) is 43.1 Å². The van der Waals surface area contributed by atoms with Gasteiger partial charge in [-0.05, 0) is 44.8 Å². The van der Waals surface area contributed by atoms with Crippen LogP contribution >= 0.6 is 0 Å². The van der Waals surface area contributed by atoms with Crippen LogP contribution in [0.15, 0.2) is 16.9 Å². The molecule has 2 unspecified atom stereocenters. The summed E-state index contributed by atoms with van der Waals surface area (Å²) in [7, 11) is 1.58. The molecule has 0 bridgehead atoms. The van der Waals surface area contributed by atoms with Gasteiger partial charge in [-0.2, -0.15) is 5.10 Å². The third-order valence-electron chi connectivity index (χ3n) is 5.00. The zero-order valence-electron chi connectivity index (χ0n) is 13.4. The average Bonchev–Trinajstić information content (AvgIpc) is 3.16. The van der Waals surface area contributed by atoms with Crippen molar-refractivity contribution in [1.29, 1.82) is 0 Å². The first-order valence-corrected chi connectivity index (χ1v) is 8.21. The molecule has 1 aromatic rings. The first-order valence-electron chi connectivity index (χ1n) is 8.21. The van der Waals surface area contributed by atoms with Gasteiger partial charge in [0.15, 0.2) is 0 Å². The summed E-state index contributed by atoms with van der Waals surface area (Å²) in [6.45, 7) is 5.16. The van der Waals surface area contributed by atoms with Gasteiger partial charge in [0.25, 0.3) is 11.5 Å². The Morgan fingerprint density at radius 3 is 2.68 bits per heavy atom. The molecular weight excluding hydrogens is 280 g/mol. The Labute approximate surface area is 130 Å². The predicted molar refractivity (Wildman–Crippen MR) is 83.8 cm³/mol. The van der Waals surface area contributed by atoms with E-state index in [1.807, 2.05) is 4.90 Å². The second-order valence-corrected chi connectivity index (χ2v) is 6.23. The molecule has 2 fully saturated rings. The third-order valence-corrected chi connectivity index (χ3v) is 5.00. The minimum atomic E-state index is -0.192. The predicted octanol–water partition coefficient (Wildman–Crippen LogP) is 0.869. The number of hydrogen-bond donors (Lipinski definition) is 0. The Bertz CT molecular complexity index is 612. The quantitative estimate of drug-likeness (QED) is 0.831. The maximum atomic E-state index is 12.8. The van der Waals surface area contributed by atoms with Gasteiger partial charge in [-0.3, -0.25) is 14.5 Å². The molecule has 1 aromatic heterocycles. The number of rotatable bonds is 3. The Balaban J connectivity index is 1.81. The molecular formula is C16H24N4O2. The SMILES string of the molecule is CCN1CCCC1C1CCCN1C(=O)c1ccc(=O)n(C)n1. The van der Waals surface area contributed by atoms with E-state index in [0.717, 1.165) is 32.5 Å². The summed E-state index contributed by atoms with van der Waals surface area (Å²) in [5.41, 5.74) is 0.178. The summed E-state index contributed by atoms with van der Waals surface area (Å²) in [4.78, 5) is 28.7. The van der Waals surface area contributed by atoms with Crippen LogP contribution in [0.2, 0.25) is 0 Å². The molecule has 2 aliphatic heterocycles. The smallest absolute Gasteiger partial charge is 0.274 e. The molecule has 6 nitrogen and oxygen atoms in total. The Kier molecular flexibility index (Phi) is 4.29. The van der Waals surface area contributed by atoms with E-state index in [4.69, 9.17) is 0 Å². The first kappa shape index (κ1) is 15.2. The van der Waals surface area contributed by atoms with Crippen molar-refractivity contribution in [3.05, 3.63) is 28.2 Å². The number of carbonyl (C=O) groups excluding carboxylic acids is 1. The van der Waals surface area contributed by atoms with Crippen LogP contribution in [0.4, 0.5) is 0 Å². The summed E-state index contributed by atoms with van der Waals surface area (Å²) in [6, 6.07) is 3.73.